The largest absolute Gasteiger partial charge is 0.496 e. The van der Waals surface area contributed by atoms with Crippen LogP contribution in [0.1, 0.15) is 5.56 Å². The highest BCUT2D eigenvalue weighted by molar-refractivity contribution is 7.99. The first-order valence-electron chi connectivity index (χ1n) is 9.96. The minimum absolute atomic E-state index is 0.0667. The van der Waals surface area contributed by atoms with E-state index in [9.17, 15) is 18.4 Å². The summed E-state index contributed by atoms with van der Waals surface area (Å²) in [5.74, 6) is -1.38. The van der Waals surface area contributed by atoms with Gasteiger partial charge in [-0.15, -0.1) is 0 Å². The van der Waals surface area contributed by atoms with Gasteiger partial charge in [0.15, 0.2) is 5.16 Å². The fourth-order valence-corrected chi connectivity index (χ4v) is 4.14. The molecule has 0 saturated heterocycles. The second-order valence-corrected chi connectivity index (χ2v) is 7.97. The van der Waals surface area contributed by atoms with E-state index < -0.39 is 17.2 Å². The highest BCUT2D eigenvalue weighted by Gasteiger charge is 2.18. The van der Waals surface area contributed by atoms with Gasteiger partial charge in [-0.25, -0.2) is 13.8 Å². The molecule has 0 saturated carbocycles. The monoisotopic (exact) mass is 467 g/mol. The van der Waals surface area contributed by atoms with Gasteiger partial charge in [0.25, 0.3) is 5.56 Å². The molecule has 0 bridgehead atoms. The summed E-state index contributed by atoms with van der Waals surface area (Å²) in [5, 5.41) is 3.20. The van der Waals surface area contributed by atoms with Crippen molar-refractivity contribution in [3.8, 4) is 11.4 Å². The predicted octanol–water partition coefficient (Wildman–Crippen LogP) is 4.08. The maximum absolute atomic E-state index is 14.5. The summed E-state index contributed by atoms with van der Waals surface area (Å²) in [6, 6.07) is 16.9. The molecule has 1 amide bonds. The van der Waals surface area contributed by atoms with Crippen LogP contribution >= 0.6 is 11.8 Å². The van der Waals surface area contributed by atoms with Crippen LogP contribution in [0, 0.1) is 11.6 Å². The van der Waals surface area contributed by atoms with Crippen molar-refractivity contribution in [3.05, 3.63) is 94.3 Å². The Morgan fingerprint density at radius 1 is 1.09 bits per heavy atom. The highest BCUT2D eigenvalue weighted by atomic mass is 32.2. The molecule has 1 heterocycles. The number of carbonyl (C=O) groups is 1. The minimum Gasteiger partial charge on any atom is -0.496 e. The lowest BCUT2D eigenvalue weighted by Gasteiger charge is -2.14. The predicted molar refractivity (Wildman–Crippen MR) is 123 cm³/mol. The molecule has 1 aromatic heterocycles. The Kier molecular flexibility index (Phi) is 6.69. The molecule has 6 nitrogen and oxygen atoms in total. The smallest absolute Gasteiger partial charge is 0.266 e. The van der Waals surface area contributed by atoms with Crippen molar-refractivity contribution in [1.82, 2.24) is 14.9 Å². The molecule has 0 atom stereocenters. The van der Waals surface area contributed by atoms with Gasteiger partial charge in [-0.1, -0.05) is 42.1 Å². The molecular weight excluding hydrogens is 448 g/mol. The first-order chi connectivity index (χ1) is 16.0. The number of thioether (sulfide) groups is 1. The van der Waals surface area contributed by atoms with E-state index in [0.717, 1.165) is 28.0 Å². The van der Waals surface area contributed by atoms with Crippen molar-refractivity contribution in [2.75, 3.05) is 12.9 Å². The number of ether oxygens (including phenoxy) is 1. The normalized spacial score (nSPS) is 10.9. The molecule has 3 aromatic carbocycles. The van der Waals surface area contributed by atoms with Gasteiger partial charge in [-0.3, -0.25) is 14.2 Å². The van der Waals surface area contributed by atoms with Gasteiger partial charge in [0.05, 0.1) is 29.5 Å². The van der Waals surface area contributed by atoms with Crippen LogP contribution in [0.3, 0.4) is 0 Å². The molecule has 0 radical (unpaired) electrons. The number of amides is 1. The van der Waals surface area contributed by atoms with E-state index in [1.165, 1.54) is 6.07 Å². The fourth-order valence-electron chi connectivity index (χ4n) is 3.31. The minimum atomic E-state index is -0.906. The molecule has 33 heavy (non-hydrogen) atoms. The van der Waals surface area contributed by atoms with E-state index in [-0.39, 0.29) is 34.4 Å². The summed E-state index contributed by atoms with van der Waals surface area (Å²) in [6.45, 7) is 0.258. The van der Waals surface area contributed by atoms with Gasteiger partial charge < -0.3 is 10.1 Å². The third kappa shape index (κ3) is 4.88. The molecule has 1 N–H and O–H groups in total. The first-order valence-corrected chi connectivity index (χ1v) is 10.9. The third-order valence-electron chi connectivity index (χ3n) is 4.90. The van der Waals surface area contributed by atoms with Crippen LogP contribution in [0.5, 0.6) is 5.75 Å². The zero-order chi connectivity index (χ0) is 23.4. The van der Waals surface area contributed by atoms with Crippen LogP contribution in [-0.2, 0) is 11.3 Å². The number of fused-ring (bicyclic) bond motifs is 1. The van der Waals surface area contributed by atoms with Gasteiger partial charge in [0.2, 0.25) is 5.91 Å². The van der Waals surface area contributed by atoms with Gasteiger partial charge in [0, 0.05) is 18.2 Å². The lowest BCUT2D eigenvalue weighted by molar-refractivity contribution is -0.118. The molecule has 9 heteroatoms. The lowest BCUT2D eigenvalue weighted by atomic mass is 10.2. The van der Waals surface area contributed by atoms with Crippen molar-refractivity contribution in [3.63, 3.8) is 0 Å². The average molecular weight is 467 g/mol. The molecule has 0 fully saturated rings. The Hall–Kier alpha value is -3.72. The van der Waals surface area contributed by atoms with Gasteiger partial charge in [-0.2, -0.15) is 0 Å². The van der Waals surface area contributed by atoms with E-state index in [0.29, 0.717) is 17.3 Å². The Bertz CT molecular complexity index is 1390. The molecule has 0 unspecified atom stereocenters. The number of rotatable bonds is 7. The lowest BCUT2D eigenvalue weighted by Crippen LogP contribution is -2.26. The van der Waals surface area contributed by atoms with Crippen LogP contribution < -0.4 is 15.6 Å². The maximum Gasteiger partial charge on any atom is 0.266 e. The van der Waals surface area contributed by atoms with Crippen molar-refractivity contribution in [2.24, 2.45) is 0 Å². The third-order valence-corrected chi connectivity index (χ3v) is 5.84. The van der Waals surface area contributed by atoms with E-state index >= 15 is 0 Å². The molecule has 4 rings (SSSR count). The van der Waals surface area contributed by atoms with Gasteiger partial charge in [-0.05, 0) is 30.3 Å². The van der Waals surface area contributed by atoms with E-state index in [1.54, 1.807) is 37.4 Å². The van der Waals surface area contributed by atoms with Crippen LogP contribution in [0.25, 0.3) is 16.6 Å². The standard InChI is InChI=1S/C24H19F2N3O3S/c1-32-21-9-5-2-6-15(21)13-27-22(30)14-33-24-28-19-8-4-3-7-17(19)23(31)29(24)20-11-10-16(25)12-18(20)26/h2-12H,13-14H2,1H3,(H,27,30). The van der Waals surface area contributed by atoms with Crippen LogP contribution in [0.4, 0.5) is 8.78 Å². The number of hydrogen-bond donors (Lipinski definition) is 1. The fraction of sp³-hybridized carbons (Fsp3) is 0.125. The molecule has 0 aliphatic rings. The van der Waals surface area contributed by atoms with E-state index in [4.69, 9.17) is 4.74 Å². The first kappa shape index (κ1) is 22.5. The molecule has 4 aromatic rings. The van der Waals surface area contributed by atoms with E-state index in [2.05, 4.69) is 10.3 Å². The zero-order valence-electron chi connectivity index (χ0n) is 17.5. The Morgan fingerprint density at radius 2 is 1.85 bits per heavy atom. The number of benzene rings is 3. The Labute approximate surface area is 192 Å². The van der Waals surface area contributed by atoms with E-state index in [1.807, 2.05) is 18.2 Å². The summed E-state index contributed by atoms with van der Waals surface area (Å²) in [7, 11) is 1.55. The Morgan fingerprint density at radius 3 is 2.64 bits per heavy atom. The summed E-state index contributed by atoms with van der Waals surface area (Å²) in [5.41, 5.74) is 0.574. The summed E-state index contributed by atoms with van der Waals surface area (Å²) in [6.07, 6.45) is 0. The highest BCUT2D eigenvalue weighted by Crippen LogP contribution is 2.23. The van der Waals surface area contributed by atoms with Crippen molar-refractivity contribution < 1.29 is 18.3 Å². The van der Waals surface area contributed by atoms with Crippen molar-refractivity contribution in [2.45, 2.75) is 11.7 Å². The number of nitrogens with one attached hydrogen (secondary N) is 1. The molecule has 0 spiro atoms. The molecule has 0 aliphatic heterocycles. The SMILES string of the molecule is COc1ccccc1CNC(=O)CSc1nc2ccccc2c(=O)n1-c1ccc(F)cc1F. The van der Waals surface area contributed by atoms with Gasteiger partial charge in [0.1, 0.15) is 17.4 Å². The molecule has 0 aliphatic carbocycles. The second-order valence-electron chi connectivity index (χ2n) is 7.03. The average Bonchev–Trinajstić information content (AvgIpc) is 2.82. The van der Waals surface area contributed by atoms with Crippen molar-refractivity contribution in [1.29, 1.82) is 0 Å². The molecule has 168 valence electrons. The van der Waals surface area contributed by atoms with Crippen molar-refractivity contribution >= 4 is 28.6 Å². The quantitative estimate of drug-likeness (QED) is 0.328. The van der Waals surface area contributed by atoms with Crippen LogP contribution in [0.15, 0.2) is 76.7 Å². The number of nitrogens with zero attached hydrogens (tertiary/aromatic N) is 2. The maximum atomic E-state index is 14.5. The van der Waals surface area contributed by atoms with Crippen LogP contribution in [-0.4, -0.2) is 28.3 Å². The number of halogens is 2. The summed E-state index contributed by atoms with van der Waals surface area (Å²) < 4.78 is 34.3. The topological polar surface area (TPSA) is 73.2 Å². The Balaban J connectivity index is 1.61. The zero-order valence-corrected chi connectivity index (χ0v) is 18.4. The number of carbonyl (C=O) groups excluding carboxylic acids is 1. The number of para-hydroxylation sites is 2. The molecular formula is C24H19F2N3O3S. The number of aromatic nitrogens is 2. The second kappa shape index (κ2) is 9.83. The summed E-state index contributed by atoms with van der Waals surface area (Å²) >= 11 is 0.985. The van der Waals surface area contributed by atoms with Gasteiger partial charge >= 0.3 is 0 Å². The number of methoxy groups -OCH3 is 1. The number of hydrogen-bond acceptors (Lipinski definition) is 5. The summed E-state index contributed by atoms with van der Waals surface area (Å²) in [4.78, 5) is 30.1. The van der Waals surface area contributed by atoms with Crippen LogP contribution in [0.2, 0.25) is 0 Å².